The van der Waals surface area contributed by atoms with Crippen molar-refractivity contribution < 1.29 is 9.59 Å². The molecule has 1 aromatic carbocycles. The number of carbonyl (C=O) groups is 2. The number of likely N-dealkylation sites (N-methyl/N-ethyl adjacent to an activating group) is 1. The number of carbonyl (C=O) groups excluding carboxylic acids is 2. The van der Waals surface area contributed by atoms with Gasteiger partial charge in [-0.05, 0) is 30.4 Å². The largest absolute Gasteiger partial charge is 0.343 e. The molecule has 5 heteroatoms. The minimum Gasteiger partial charge on any atom is -0.343 e. The maximum Gasteiger partial charge on any atom is 0.249 e. The lowest BCUT2D eigenvalue weighted by molar-refractivity contribution is -0.147. The van der Waals surface area contributed by atoms with Gasteiger partial charge in [0.2, 0.25) is 11.8 Å². The molecule has 1 aliphatic rings. The van der Waals surface area contributed by atoms with Gasteiger partial charge in [-0.1, -0.05) is 44.2 Å². The van der Waals surface area contributed by atoms with Gasteiger partial charge in [-0.15, -0.1) is 0 Å². The van der Waals surface area contributed by atoms with Crippen LogP contribution < -0.4 is 5.73 Å². The third-order valence-corrected chi connectivity index (χ3v) is 4.61. The molecule has 2 amide bonds. The Kier molecular flexibility index (Phi) is 5.99. The highest BCUT2D eigenvalue weighted by atomic mass is 16.2. The number of amides is 2. The number of likely N-dealkylation sites (tertiary alicyclic amines) is 1. The summed E-state index contributed by atoms with van der Waals surface area (Å²) in [6.45, 7) is 5.79. The van der Waals surface area contributed by atoms with Crippen molar-refractivity contribution >= 4 is 11.8 Å². The monoisotopic (exact) mass is 331 g/mol. The fraction of sp³-hybridized carbons (Fsp3) is 0.579. The third kappa shape index (κ3) is 4.35. The second-order valence-electron chi connectivity index (χ2n) is 7.42. The summed E-state index contributed by atoms with van der Waals surface area (Å²) < 4.78 is 0. The van der Waals surface area contributed by atoms with E-state index in [-0.39, 0.29) is 17.2 Å². The molecular weight excluding hydrogens is 302 g/mol. The average Bonchev–Trinajstić information content (AvgIpc) is 2.57. The van der Waals surface area contributed by atoms with E-state index in [0.29, 0.717) is 26.1 Å². The van der Waals surface area contributed by atoms with Gasteiger partial charge in [0.15, 0.2) is 0 Å². The fourth-order valence-corrected chi connectivity index (χ4v) is 3.18. The zero-order chi connectivity index (χ0) is 17.7. The first kappa shape index (κ1) is 18.5. The van der Waals surface area contributed by atoms with Gasteiger partial charge in [0.05, 0.1) is 0 Å². The van der Waals surface area contributed by atoms with E-state index in [2.05, 4.69) is 0 Å². The van der Waals surface area contributed by atoms with Crippen molar-refractivity contribution in [2.75, 3.05) is 26.7 Å². The van der Waals surface area contributed by atoms with E-state index in [9.17, 15) is 9.59 Å². The highest BCUT2D eigenvalue weighted by Crippen LogP contribution is 2.28. The van der Waals surface area contributed by atoms with Gasteiger partial charge in [0.25, 0.3) is 0 Å². The van der Waals surface area contributed by atoms with Crippen LogP contribution in [0.25, 0.3) is 0 Å². The van der Waals surface area contributed by atoms with Crippen LogP contribution in [-0.2, 0) is 9.59 Å². The minimum atomic E-state index is -0.544. The Balaban J connectivity index is 2.28. The molecule has 0 aromatic heterocycles. The zero-order valence-corrected chi connectivity index (χ0v) is 15.0. The fourth-order valence-electron chi connectivity index (χ4n) is 3.18. The number of nitrogens with two attached hydrogens (primary N) is 1. The van der Waals surface area contributed by atoms with Crippen LogP contribution >= 0.6 is 0 Å². The average molecular weight is 331 g/mol. The molecule has 0 bridgehead atoms. The second kappa shape index (κ2) is 7.79. The summed E-state index contributed by atoms with van der Waals surface area (Å²) in [5.41, 5.74) is 6.52. The number of hydrogen-bond acceptors (Lipinski definition) is 3. The van der Waals surface area contributed by atoms with Crippen LogP contribution in [0.5, 0.6) is 0 Å². The molecule has 2 rings (SSSR count). The Morgan fingerprint density at radius 1 is 1.29 bits per heavy atom. The Labute approximate surface area is 144 Å². The van der Waals surface area contributed by atoms with Gasteiger partial charge in [0, 0.05) is 26.6 Å². The molecule has 1 fully saturated rings. The van der Waals surface area contributed by atoms with Crippen molar-refractivity contribution in [2.24, 2.45) is 11.1 Å². The maximum absolute atomic E-state index is 13.2. The smallest absolute Gasteiger partial charge is 0.249 e. The first-order chi connectivity index (χ1) is 11.4. The molecule has 1 unspecified atom stereocenters. The molecule has 0 radical (unpaired) electrons. The molecule has 5 nitrogen and oxygen atoms in total. The predicted octanol–water partition coefficient (Wildman–Crippen LogP) is 2.18. The molecule has 132 valence electrons. The Morgan fingerprint density at radius 3 is 2.54 bits per heavy atom. The molecule has 1 heterocycles. The summed E-state index contributed by atoms with van der Waals surface area (Å²) >= 11 is 0. The van der Waals surface area contributed by atoms with Crippen LogP contribution in [0.3, 0.4) is 0 Å². The van der Waals surface area contributed by atoms with Gasteiger partial charge < -0.3 is 15.5 Å². The molecule has 1 atom stereocenters. The van der Waals surface area contributed by atoms with E-state index in [0.717, 1.165) is 18.4 Å². The van der Waals surface area contributed by atoms with Crippen molar-refractivity contribution in [3.8, 4) is 0 Å². The van der Waals surface area contributed by atoms with Crippen LogP contribution in [0.1, 0.15) is 44.7 Å². The van der Waals surface area contributed by atoms with Crippen LogP contribution in [0.4, 0.5) is 0 Å². The normalized spacial score (nSPS) is 16.8. The van der Waals surface area contributed by atoms with Crippen LogP contribution in [0.15, 0.2) is 30.3 Å². The van der Waals surface area contributed by atoms with Crippen molar-refractivity contribution in [1.29, 1.82) is 0 Å². The lowest BCUT2D eigenvalue weighted by Crippen LogP contribution is -2.48. The molecule has 0 aliphatic carbocycles. The van der Waals surface area contributed by atoms with Gasteiger partial charge >= 0.3 is 0 Å². The molecule has 0 saturated carbocycles. The maximum atomic E-state index is 13.2. The van der Waals surface area contributed by atoms with Gasteiger partial charge in [-0.2, -0.15) is 0 Å². The first-order valence-electron chi connectivity index (χ1n) is 8.65. The molecule has 1 saturated heterocycles. The number of nitrogens with zero attached hydrogens (tertiary/aromatic N) is 2. The number of hydrogen-bond donors (Lipinski definition) is 1. The minimum absolute atomic E-state index is 0.0435. The summed E-state index contributed by atoms with van der Waals surface area (Å²) in [7, 11) is 1.80. The Hall–Kier alpha value is -1.88. The lowest BCUT2D eigenvalue weighted by atomic mass is 9.92. The van der Waals surface area contributed by atoms with Crippen molar-refractivity contribution in [3.05, 3.63) is 35.9 Å². The van der Waals surface area contributed by atoms with E-state index >= 15 is 0 Å². The Bertz CT molecular complexity index is 571. The molecular formula is C19H29N3O2. The topological polar surface area (TPSA) is 66.6 Å². The van der Waals surface area contributed by atoms with E-state index in [1.165, 1.54) is 0 Å². The van der Waals surface area contributed by atoms with Crippen molar-refractivity contribution in [2.45, 2.75) is 39.2 Å². The quantitative estimate of drug-likeness (QED) is 0.869. The molecule has 0 spiro atoms. The first-order valence-corrected chi connectivity index (χ1v) is 8.65. The van der Waals surface area contributed by atoms with Gasteiger partial charge in [-0.3, -0.25) is 9.59 Å². The molecule has 24 heavy (non-hydrogen) atoms. The molecule has 2 N–H and O–H groups in total. The van der Waals surface area contributed by atoms with E-state index in [1.54, 1.807) is 16.8 Å². The van der Waals surface area contributed by atoms with Crippen molar-refractivity contribution in [3.63, 3.8) is 0 Å². The van der Waals surface area contributed by atoms with Crippen molar-refractivity contribution in [1.82, 2.24) is 9.80 Å². The summed E-state index contributed by atoms with van der Waals surface area (Å²) in [6, 6.07) is 9.04. The standard InChI is InChI=1S/C19H29N3O2/c1-19(2,13-20)14-21(3)18(24)17(15-9-5-4-6-10-15)22-12-8-7-11-16(22)23/h4-6,9-10,17H,7-8,11-14,20H2,1-3H3. The SMILES string of the molecule is CN(CC(C)(C)CN)C(=O)C(c1ccccc1)N1CCCCC1=O. The summed E-state index contributed by atoms with van der Waals surface area (Å²) in [4.78, 5) is 29.0. The molecule has 1 aromatic rings. The lowest BCUT2D eigenvalue weighted by Gasteiger charge is -2.38. The third-order valence-electron chi connectivity index (χ3n) is 4.61. The molecule has 1 aliphatic heterocycles. The highest BCUT2D eigenvalue weighted by Gasteiger charge is 2.35. The van der Waals surface area contributed by atoms with Crippen LogP contribution in [0.2, 0.25) is 0 Å². The van der Waals surface area contributed by atoms with E-state index in [4.69, 9.17) is 5.73 Å². The number of piperidine rings is 1. The predicted molar refractivity (Wildman–Crippen MR) is 95.2 cm³/mol. The number of benzene rings is 1. The summed E-state index contributed by atoms with van der Waals surface area (Å²) in [5.74, 6) is 0.0212. The Morgan fingerprint density at radius 2 is 1.96 bits per heavy atom. The van der Waals surface area contributed by atoms with Crippen LogP contribution in [-0.4, -0.2) is 48.3 Å². The van der Waals surface area contributed by atoms with E-state index < -0.39 is 6.04 Å². The van der Waals surface area contributed by atoms with E-state index in [1.807, 2.05) is 44.2 Å². The van der Waals surface area contributed by atoms with Gasteiger partial charge in [-0.25, -0.2) is 0 Å². The summed E-state index contributed by atoms with van der Waals surface area (Å²) in [6.07, 6.45) is 2.37. The zero-order valence-electron chi connectivity index (χ0n) is 15.0. The van der Waals surface area contributed by atoms with Crippen LogP contribution in [0, 0.1) is 5.41 Å². The highest BCUT2D eigenvalue weighted by molar-refractivity contribution is 5.89. The number of rotatable bonds is 6. The second-order valence-corrected chi connectivity index (χ2v) is 7.42. The van der Waals surface area contributed by atoms with Gasteiger partial charge in [0.1, 0.15) is 6.04 Å². The summed E-state index contributed by atoms with van der Waals surface area (Å²) in [5, 5.41) is 0.